The molecule has 5 heteroatoms. The summed E-state index contributed by atoms with van der Waals surface area (Å²) in [4.78, 5) is 12.1. The number of hydrogen-bond donors (Lipinski definition) is 2. The molecule has 0 bridgehead atoms. The number of anilines is 2. The summed E-state index contributed by atoms with van der Waals surface area (Å²) >= 11 is 5.92. The fraction of sp³-hybridized carbons (Fsp3) is 0.125. The molecule has 21 heavy (non-hydrogen) atoms. The molecule has 1 amide bonds. The molecule has 1 unspecified atom stereocenters. The highest BCUT2D eigenvalue weighted by molar-refractivity contribution is 6.30. The second-order valence-electron chi connectivity index (χ2n) is 4.52. The number of nitriles is 1. The van der Waals surface area contributed by atoms with Gasteiger partial charge in [0.15, 0.2) is 0 Å². The summed E-state index contributed by atoms with van der Waals surface area (Å²) in [6.07, 6.45) is 0. The normalized spacial score (nSPS) is 11.3. The van der Waals surface area contributed by atoms with Gasteiger partial charge in [-0.2, -0.15) is 5.26 Å². The van der Waals surface area contributed by atoms with E-state index >= 15 is 0 Å². The largest absolute Gasteiger partial charge is 0.373 e. The highest BCUT2D eigenvalue weighted by Gasteiger charge is 2.14. The number of nitrogens with zero attached hydrogens (tertiary/aromatic N) is 1. The lowest BCUT2D eigenvalue weighted by Crippen LogP contribution is -2.32. The summed E-state index contributed by atoms with van der Waals surface area (Å²) in [7, 11) is 0. The van der Waals surface area contributed by atoms with Gasteiger partial charge in [-0.25, -0.2) is 0 Å². The lowest BCUT2D eigenvalue weighted by Gasteiger charge is -2.16. The van der Waals surface area contributed by atoms with E-state index in [-0.39, 0.29) is 5.91 Å². The van der Waals surface area contributed by atoms with E-state index in [1.807, 2.05) is 30.3 Å². The Labute approximate surface area is 128 Å². The molecule has 1 atom stereocenters. The number of benzene rings is 2. The summed E-state index contributed by atoms with van der Waals surface area (Å²) < 4.78 is 0. The molecule has 0 radical (unpaired) electrons. The third-order valence-corrected chi connectivity index (χ3v) is 3.14. The molecule has 0 aliphatic carbocycles. The van der Waals surface area contributed by atoms with Gasteiger partial charge in [0, 0.05) is 10.7 Å². The van der Waals surface area contributed by atoms with Crippen molar-refractivity contribution in [3.63, 3.8) is 0 Å². The maximum absolute atomic E-state index is 12.1. The van der Waals surface area contributed by atoms with Crippen molar-refractivity contribution in [2.45, 2.75) is 13.0 Å². The standard InChI is InChI=1S/C16H14ClN3O/c1-11(16(21)20-14-5-3-2-4-6-14)19-15-9-13(17)8-7-12(15)10-18/h2-9,11,19H,1H3,(H,20,21). The van der Waals surface area contributed by atoms with Crippen LogP contribution in [0.15, 0.2) is 48.5 Å². The minimum Gasteiger partial charge on any atom is -0.373 e. The molecule has 2 rings (SSSR count). The van der Waals surface area contributed by atoms with Crippen molar-refractivity contribution in [2.24, 2.45) is 0 Å². The van der Waals surface area contributed by atoms with Crippen LogP contribution in [0.2, 0.25) is 5.02 Å². The topological polar surface area (TPSA) is 64.9 Å². The van der Waals surface area contributed by atoms with Crippen LogP contribution in [-0.4, -0.2) is 11.9 Å². The van der Waals surface area contributed by atoms with E-state index in [9.17, 15) is 4.79 Å². The van der Waals surface area contributed by atoms with Crippen molar-refractivity contribution in [3.8, 4) is 6.07 Å². The highest BCUT2D eigenvalue weighted by Crippen LogP contribution is 2.21. The lowest BCUT2D eigenvalue weighted by molar-refractivity contribution is -0.116. The average Bonchev–Trinajstić information content (AvgIpc) is 2.48. The number of halogens is 1. The summed E-state index contributed by atoms with van der Waals surface area (Å²) in [5.74, 6) is -0.190. The van der Waals surface area contributed by atoms with Gasteiger partial charge in [-0.15, -0.1) is 0 Å². The first-order valence-electron chi connectivity index (χ1n) is 6.42. The van der Waals surface area contributed by atoms with E-state index in [0.717, 1.165) is 5.69 Å². The number of rotatable bonds is 4. The number of hydrogen-bond acceptors (Lipinski definition) is 3. The summed E-state index contributed by atoms with van der Waals surface area (Å²) in [6, 6.07) is 15.6. The van der Waals surface area contributed by atoms with E-state index in [1.54, 1.807) is 25.1 Å². The van der Waals surface area contributed by atoms with Crippen molar-refractivity contribution in [1.82, 2.24) is 0 Å². The average molecular weight is 300 g/mol. The van der Waals surface area contributed by atoms with Crippen molar-refractivity contribution >= 4 is 28.9 Å². The second kappa shape index (κ2) is 6.78. The van der Waals surface area contributed by atoms with Gasteiger partial charge in [-0.1, -0.05) is 29.8 Å². The fourth-order valence-corrected chi connectivity index (χ4v) is 1.98. The monoisotopic (exact) mass is 299 g/mol. The Morgan fingerprint density at radius 3 is 2.62 bits per heavy atom. The maximum Gasteiger partial charge on any atom is 0.246 e. The van der Waals surface area contributed by atoms with Crippen molar-refractivity contribution in [2.75, 3.05) is 10.6 Å². The number of carbonyl (C=O) groups excluding carboxylic acids is 1. The molecule has 0 aliphatic heterocycles. The molecule has 106 valence electrons. The van der Waals surface area contributed by atoms with Crippen molar-refractivity contribution in [1.29, 1.82) is 5.26 Å². The minimum absolute atomic E-state index is 0.190. The van der Waals surface area contributed by atoms with Gasteiger partial charge in [0.05, 0.1) is 11.3 Å². The van der Waals surface area contributed by atoms with E-state index in [0.29, 0.717) is 16.3 Å². The number of para-hydroxylation sites is 1. The third-order valence-electron chi connectivity index (χ3n) is 2.91. The Hall–Kier alpha value is -2.51. The Kier molecular flexibility index (Phi) is 4.81. The van der Waals surface area contributed by atoms with Crippen LogP contribution < -0.4 is 10.6 Å². The molecule has 4 nitrogen and oxygen atoms in total. The van der Waals surface area contributed by atoms with Crippen LogP contribution >= 0.6 is 11.6 Å². The predicted molar refractivity (Wildman–Crippen MR) is 84.3 cm³/mol. The number of nitrogens with one attached hydrogen (secondary N) is 2. The Balaban J connectivity index is 2.08. The molecule has 0 aliphatic rings. The number of amides is 1. The molecule has 0 aromatic heterocycles. The van der Waals surface area contributed by atoms with E-state index in [2.05, 4.69) is 16.7 Å². The van der Waals surface area contributed by atoms with E-state index in [4.69, 9.17) is 16.9 Å². The first kappa shape index (κ1) is 14.9. The molecule has 0 saturated carbocycles. The zero-order valence-electron chi connectivity index (χ0n) is 11.4. The number of carbonyl (C=O) groups is 1. The summed E-state index contributed by atoms with van der Waals surface area (Å²) in [5.41, 5.74) is 1.71. The molecular formula is C16H14ClN3O. The fourth-order valence-electron chi connectivity index (χ4n) is 1.80. The summed E-state index contributed by atoms with van der Waals surface area (Å²) in [5, 5.41) is 15.4. The van der Waals surface area contributed by atoms with Crippen LogP contribution in [-0.2, 0) is 4.79 Å². The lowest BCUT2D eigenvalue weighted by atomic mass is 10.1. The molecule has 2 N–H and O–H groups in total. The maximum atomic E-state index is 12.1. The van der Waals surface area contributed by atoms with E-state index < -0.39 is 6.04 Å². The van der Waals surface area contributed by atoms with Gasteiger partial charge < -0.3 is 10.6 Å². The summed E-state index contributed by atoms with van der Waals surface area (Å²) in [6.45, 7) is 1.72. The van der Waals surface area contributed by atoms with Crippen LogP contribution in [0.3, 0.4) is 0 Å². The van der Waals surface area contributed by atoms with Crippen LogP contribution in [0.5, 0.6) is 0 Å². The SMILES string of the molecule is CC(Nc1cc(Cl)ccc1C#N)C(=O)Nc1ccccc1. The van der Waals surface area contributed by atoms with Crippen LogP contribution in [0.25, 0.3) is 0 Å². The molecule has 2 aromatic carbocycles. The van der Waals surface area contributed by atoms with Gasteiger partial charge in [-0.05, 0) is 37.3 Å². The van der Waals surface area contributed by atoms with Gasteiger partial charge in [0.1, 0.15) is 12.1 Å². The van der Waals surface area contributed by atoms with Crippen LogP contribution in [0, 0.1) is 11.3 Å². The molecule has 2 aromatic rings. The molecule has 0 saturated heterocycles. The van der Waals surface area contributed by atoms with Gasteiger partial charge in [0.25, 0.3) is 0 Å². The zero-order valence-corrected chi connectivity index (χ0v) is 12.2. The van der Waals surface area contributed by atoms with Gasteiger partial charge >= 0.3 is 0 Å². The highest BCUT2D eigenvalue weighted by atomic mass is 35.5. The Morgan fingerprint density at radius 2 is 1.95 bits per heavy atom. The molecule has 0 heterocycles. The smallest absolute Gasteiger partial charge is 0.246 e. The molecule has 0 spiro atoms. The van der Waals surface area contributed by atoms with Gasteiger partial charge in [-0.3, -0.25) is 4.79 Å². The first-order chi connectivity index (χ1) is 10.1. The molecular weight excluding hydrogens is 286 g/mol. The van der Waals surface area contributed by atoms with Crippen LogP contribution in [0.1, 0.15) is 12.5 Å². The van der Waals surface area contributed by atoms with Gasteiger partial charge in [0.2, 0.25) is 5.91 Å². The first-order valence-corrected chi connectivity index (χ1v) is 6.80. The van der Waals surface area contributed by atoms with Crippen LogP contribution in [0.4, 0.5) is 11.4 Å². The minimum atomic E-state index is -0.504. The van der Waals surface area contributed by atoms with Crippen molar-refractivity contribution in [3.05, 3.63) is 59.1 Å². The Bertz CT molecular complexity index is 680. The third kappa shape index (κ3) is 3.98. The Morgan fingerprint density at radius 1 is 1.24 bits per heavy atom. The predicted octanol–water partition coefficient (Wildman–Crippen LogP) is 3.65. The quantitative estimate of drug-likeness (QED) is 0.905. The van der Waals surface area contributed by atoms with Crippen molar-refractivity contribution < 1.29 is 4.79 Å². The second-order valence-corrected chi connectivity index (χ2v) is 4.96. The van der Waals surface area contributed by atoms with E-state index in [1.165, 1.54) is 0 Å². The molecule has 0 fully saturated rings. The zero-order chi connectivity index (χ0) is 15.2.